The molecule has 112 valence electrons. The molecule has 21 heavy (non-hydrogen) atoms. The molecule has 0 radical (unpaired) electrons. The maximum Gasteiger partial charge on any atom is 0.256 e. The number of carbonyl (C=O) groups is 1. The SMILES string of the molecule is COc1ccc(Cl)cc1CN(C)C(=O)c1cc(Cl)sc1Cl. The Hall–Kier alpha value is -0.940. The Morgan fingerprint density at radius 1 is 1.29 bits per heavy atom. The standard InChI is InChI=1S/C14H12Cl3NO2S/c1-18(14(19)10-6-12(16)21-13(10)17)7-8-5-9(15)3-4-11(8)20-2/h3-6H,7H2,1-2H3. The van der Waals surface area contributed by atoms with Crippen molar-refractivity contribution in [3.8, 4) is 5.75 Å². The number of hydrogen-bond donors (Lipinski definition) is 0. The minimum Gasteiger partial charge on any atom is -0.496 e. The lowest BCUT2D eigenvalue weighted by atomic mass is 10.2. The molecule has 0 unspecified atom stereocenters. The van der Waals surface area contributed by atoms with E-state index in [2.05, 4.69) is 0 Å². The molecule has 1 aromatic carbocycles. The Labute approximate surface area is 142 Å². The fourth-order valence-electron chi connectivity index (χ4n) is 1.89. The van der Waals surface area contributed by atoms with E-state index in [9.17, 15) is 4.79 Å². The van der Waals surface area contributed by atoms with Crippen LogP contribution in [0.15, 0.2) is 24.3 Å². The van der Waals surface area contributed by atoms with Crippen LogP contribution in [0.5, 0.6) is 5.75 Å². The first-order valence-corrected chi connectivity index (χ1v) is 7.90. The third-order valence-electron chi connectivity index (χ3n) is 2.88. The van der Waals surface area contributed by atoms with Crippen molar-refractivity contribution in [1.82, 2.24) is 4.90 Å². The molecule has 0 aliphatic rings. The number of halogens is 3. The van der Waals surface area contributed by atoms with Crippen LogP contribution in [0.2, 0.25) is 13.7 Å². The third kappa shape index (κ3) is 3.83. The molecule has 0 aliphatic carbocycles. The molecule has 0 atom stereocenters. The number of benzene rings is 1. The van der Waals surface area contributed by atoms with Crippen molar-refractivity contribution in [3.63, 3.8) is 0 Å². The summed E-state index contributed by atoms with van der Waals surface area (Å²) in [6.07, 6.45) is 0. The molecule has 1 amide bonds. The lowest BCUT2D eigenvalue weighted by molar-refractivity contribution is 0.0785. The van der Waals surface area contributed by atoms with E-state index in [0.29, 0.717) is 31.6 Å². The number of methoxy groups -OCH3 is 1. The molecular formula is C14H12Cl3NO2S. The summed E-state index contributed by atoms with van der Waals surface area (Å²) in [7, 11) is 3.26. The van der Waals surface area contributed by atoms with Gasteiger partial charge in [-0.15, -0.1) is 11.3 Å². The number of hydrogen-bond acceptors (Lipinski definition) is 3. The quantitative estimate of drug-likeness (QED) is 0.765. The summed E-state index contributed by atoms with van der Waals surface area (Å²) in [5, 5.41) is 0.586. The molecule has 7 heteroatoms. The van der Waals surface area contributed by atoms with Gasteiger partial charge in [0.1, 0.15) is 10.1 Å². The van der Waals surface area contributed by atoms with Crippen molar-refractivity contribution in [3.05, 3.63) is 49.1 Å². The summed E-state index contributed by atoms with van der Waals surface area (Å²) < 4.78 is 6.14. The minimum absolute atomic E-state index is 0.204. The van der Waals surface area contributed by atoms with Crippen molar-refractivity contribution in [2.45, 2.75) is 6.54 Å². The average molecular weight is 365 g/mol. The summed E-state index contributed by atoms with van der Waals surface area (Å²) in [6, 6.07) is 6.85. The maximum absolute atomic E-state index is 12.4. The Balaban J connectivity index is 2.21. The van der Waals surface area contributed by atoms with Gasteiger partial charge in [-0.2, -0.15) is 0 Å². The monoisotopic (exact) mass is 363 g/mol. The summed E-state index contributed by atoms with van der Waals surface area (Å²) in [5.41, 5.74) is 1.22. The van der Waals surface area contributed by atoms with Gasteiger partial charge in [0.2, 0.25) is 0 Å². The summed E-state index contributed by atoms with van der Waals surface area (Å²) in [4.78, 5) is 13.9. The zero-order valence-corrected chi connectivity index (χ0v) is 14.4. The van der Waals surface area contributed by atoms with E-state index in [0.717, 1.165) is 5.56 Å². The first-order chi connectivity index (χ1) is 9.92. The first-order valence-electron chi connectivity index (χ1n) is 5.95. The van der Waals surface area contributed by atoms with Crippen LogP contribution in [0.1, 0.15) is 15.9 Å². The van der Waals surface area contributed by atoms with Gasteiger partial charge in [-0.25, -0.2) is 0 Å². The molecule has 0 fully saturated rings. The van der Waals surface area contributed by atoms with Crippen LogP contribution in [0, 0.1) is 0 Å². The van der Waals surface area contributed by atoms with E-state index in [-0.39, 0.29) is 5.91 Å². The largest absolute Gasteiger partial charge is 0.496 e. The van der Waals surface area contributed by atoms with Gasteiger partial charge in [0.15, 0.2) is 0 Å². The van der Waals surface area contributed by atoms with E-state index in [1.807, 2.05) is 0 Å². The number of amides is 1. The molecule has 1 heterocycles. The fourth-order valence-corrected chi connectivity index (χ4v) is 3.53. The lowest BCUT2D eigenvalue weighted by Crippen LogP contribution is -2.26. The highest BCUT2D eigenvalue weighted by Crippen LogP contribution is 2.32. The fraction of sp³-hybridized carbons (Fsp3) is 0.214. The number of nitrogens with zero attached hydrogens (tertiary/aromatic N) is 1. The van der Waals surface area contributed by atoms with Crippen LogP contribution >= 0.6 is 46.1 Å². The Morgan fingerprint density at radius 3 is 2.57 bits per heavy atom. The molecule has 2 aromatic rings. The highest BCUT2D eigenvalue weighted by molar-refractivity contribution is 7.20. The van der Waals surface area contributed by atoms with Crippen LogP contribution in [0.4, 0.5) is 0 Å². The molecule has 1 aromatic heterocycles. The summed E-state index contributed by atoms with van der Waals surface area (Å²) in [5.74, 6) is 0.471. The van der Waals surface area contributed by atoms with Crippen LogP contribution in [-0.2, 0) is 6.54 Å². The molecule has 0 spiro atoms. The number of carbonyl (C=O) groups excluding carboxylic acids is 1. The third-order valence-corrected chi connectivity index (χ3v) is 4.61. The van der Waals surface area contributed by atoms with Crippen molar-refractivity contribution in [1.29, 1.82) is 0 Å². The topological polar surface area (TPSA) is 29.5 Å². The molecule has 2 rings (SSSR count). The van der Waals surface area contributed by atoms with E-state index < -0.39 is 0 Å². The van der Waals surface area contributed by atoms with Gasteiger partial charge in [-0.3, -0.25) is 4.79 Å². The number of ether oxygens (including phenoxy) is 1. The van der Waals surface area contributed by atoms with E-state index in [1.54, 1.807) is 43.3 Å². The zero-order chi connectivity index (χ0) is 15.6. The van der Waals surface area contributed by atoms with Gasteiger partial charge >= 0.3 is 0 Å². The molecule has 0 saturated heterocycles. The number of thiophene rings is 1. The van der Waals surface area contributed by atoms with Crippen LogP contribution in [0.25, 0.3) is 0 Å². The minimum atomic E-state index is -0.204. The van der Waals surface area contributed by atoms with Gasteiger partial charge in [-0.05, 0) is 24.3 Å². The van der Waals surface area contributed by atoms with E-state index in [4.69, 9.17) is 39.5 Å². The average Bonchev–Trinajstić information content (AvgIpc) is 2.77. The Morgan fingerprint density at radius 2 is 2.00 bits per heavy atom. The summed E-state index contributed by atoms with van der Waals surface area (Å²) in [6.45, 7) is 0.354. The van der Waals surface area contributed by atoms with Gasteiger partial charge in [0.05, 0.1) is 17.0 Å². The summed E-state index contributed by atoms with van der Waals surface area (Å²) >= 11 is 19.0. The normalized spacial score (nSPS) is 10.5. The smallest absolute Gasteiger partial charge is 0.256 e. The second-order valence-corrected chi connectivity index (χ2v) is 7.08. The zero-order valence-electron chi connectivity index (χ0n) is 11.3. The van der Waals surface area contributed by atoms with E-state index in [1.165, 1.54) is 11.3 Å². The van der Waals surface area contributed by atoms with Gasteiger partial charge in [0, 0.05) is 24.2 Å². The molecule has 0 saturated carbocycles. The molecule has 0 N–H and O–H groups in total. The van der Waals surface area contributed by atoms with Crippen LogP contribution < -0.4 is 4.74 Å². The van der Waals surface area contributed by atoms with Crippen molar-refractivity contribution >= 4 is 52.0 Å². The van der Waals surface area contributed by atoms with Crippen LogP contribution in [-0.4, -0.2) is 25.0 Å². The van der Waals surface area contributed by atoms with Crippen LogP contribution in [0.3, 0.4) is 0 Å². The Bertz CT molecular complexity index is 672. The predicted molar refractivity (Wildman–Crippen MR) is 88.1 cm³/mol. The predicted octanol–water partition coefficient (Wildman–Crippen LogP) is 4.99. The molecule has 3 nitrogen and oxygen atoms in total. The highest BCUT2D eigenvalue weighted by Gasteiger charge is 2.19. The van der Waals surface area contributed by atoms with Gasteiger partial charge < -0.3 is 9.64 Å². The van der Waals surface area contributed by atoms with Crippen molar-refractivity contribution in [2.75, 3.05) is 14.2 Å². The number of rotatable bonds is 4. The second-order valence-electron chi connectivity index (χ2n) is 4.36. The van der Waals surface area contributed by atoms with Gasteiger partial charge in [0.25, 0.3) is 5.91 Å². The van der Waals surface area contributed by atoms with Gasteiger partial charge in [-0.1, -0.05) is 34.8 Å². The lowest BCUT2D eigenvalue weighted by Gasteiger charge is -2.18. The molecule has 0 aliphatic heterocycles. The second kappa shape index (κ2) is 6.88. The Kier molecular flexibility index (Phi) is 5.38. The maximum atomic E-state index is 12.4. The van der Waals surface area contributed by atoms with Crippen molar-refractivity contribution < 1.29 is 9.53 Å². The van der Waals surface area contributed by atoms with E-state index >= 15 is 0 Å². The molecule has 0 bridgehead atoms. The van der Waals surface area contributed by atoms with Crippen molar-refractivity contribution in [2.24, 2.45) is 0 Å². The highest BCUT2D eigenvalue weighted by atomic mass is 35.5. The molecular weight excluding hydrogens is 353 g/mol. The first kappa shape index (κ1) is 16.4.